The molecule has 7 heteroatoms. The van der Waals surface area contributed by atoms with E-state index in [1.165, 1.54) is 0 Å². The Balaban J connectivity index is 1.65. The third-order valence-corrected chi connectivity index (χ3v) is 5.63. The van der Waals surface area contributed by atoms with E-state index in [9.17, 15) is 9.59 Å². The van der Waals surface area contributed by atoms with Gasteiger partial charge in [0.25, 0.3) is 5.91 Å². The number of rotatable bonds is 8. The van der Waals surface area contributed by atoms with E-state index in [0.29, 0.717) is 36.0 Å². The van der Waals surface area contributed by atoms with E-state index in [1.54, 1.807) is 18.1 Å². The van der Waals surface area contributed by atoms with Gasteiger partial charge in [-0.2, -0.15) is 0 Å². The molecule has 0 saturated heterocycles. The van der Waals surface area contributed by atoms with E-state index in [1.807, 2.05) is 68.4 Å². The van der Waals surface area contributed by atoms with Gasteiger partial charge in [-0.15, -0.1) is 0 Å². The van der Waals surface area contributed by atoms with E-state index in [0.717, 1.165) is 16.8 Å². The Morgan fingerprint density at radius 3 is 2.67 bits per heavy atom. The number of amides is 2. The van der Waals surface area contributed by atoms with Crippen molar-refractivity contribution in [3.8, 4) is 11.5 Å². The largest absolute Gasteiger partial charge is 0.493 e. The van der Waals surface area contributed by atoms with Crippen molar-refractivity contribution in [2.75, 3.05) is 19.0 Å². The van der Waals surface area contributed by atoms with Crippen molar-refractivity contribution >= 4 is 17.6 Å². The van der Waals surface area contributed by atoms with Crippen molar-refractivity contribution in [2.24, 2.45) is 0 Å². The van der Waals surface area contributed by atoms with Crippen molar-refractivity contribution in [3.05, 3.63) is 83.0 Å². The van der Waals surface area contributed by atoms with Gasteiger partial charge < -0.3 is 19.7 Å². The fourth-order valence-electron chi connectivity index (χ4n) is 4.08. The Bertz CT molecular complexity index is 1180. The quantitative estimate of drug-likeness (QED) is 0.551. The predicted molar refractivity (Wildman–Crippen MR) is 125 cm³/mol. The van der Waals surface area contributed by atoms with Crippen LogP contribution < -0.4 is 14.8 Å². The highest BCUT2D eigenvalue weighted by molar-refractivity contribution is 5.99. The lowest BCUT2D eigenvalue weighted by atomic mass is 10.0. The molecule has 3 aromatic rings. The third kappa shape index (κ3) is 4.82. The fraction of sp³-hybridized carbons (Fsp3) is 0.269. The molecule has 7 nitrogen and oxygen atoms in total. The second kappa shape index (κ2) is 9.73. The molecule has 0 fully saturated rings. The smallest absolute Gasteiger partial charge is 0.255 e. The Labute approximate surface area is 193 Å². The maximum atomic E-state index is 13.2. The lowest BCUT2D eigenvalue weighted by Crippen LogP contribution is -2.32. The molecule has 170 valence electrons. The van der Waals surface area contributed by atoms with Gasteiger partial charge in [0.05, 0.1) is 26.2 Å². The number of hydrogen-bond donors (Lipinski definition) is 1. The molecule has 1 aliphatic heterocycles. The van der Waals surface area contributed by atoms with Crippen LogP contribution in [0, 0.1) is 6.92 Å². The number of hydrogen-bond acceptors (Lipinski definition) is 5. The van der Waals surface area contributed by atoms with E-state index >= 15 is 0 Å². The zero-order valence-electron chi connectivity index (χ0n) is 19.0. The van der Waals surface area contributed by atoms with Gasteiger partial charge in [-0.05, 0) is 55.3 Å². The average molecular weight is 446 g/mol. The Hall–Kier alpha value is -3.87. The Morgan fingerprint density at radius 2 is 1.94 bits per heavy atom. The maximum Gasteiger partial charge on any atom is 0.255 e. The number of nitrogens with one attached hydrogen (secondary N) is 1. The minimum atomic E-state index is -0.487. The number of carbonyl (C=O) groups is 2. The molecule has 0 spiro atoms. The van der Waals surface area contributed by atoms with Crippen LogP contribution in [0.3, 0.4) is 0 Å². The van der Waals surface area contributed by atoms with Gasteiger partial charge in [-0.25, -0.2) is 4.98 Å². The van der Waals surface area contributed by atoms with E-state index < -0.39 is 6.04 Å². The van der Waals surface area contributed by atoms with Crippen molar-refractivity contribution < 1.29 is 19.1 Å². The molecular formula is C26H27N3O4. The molecule has 0 saturated carbocycles. The summed E-state index contributed by atoms with van der Waals surface area (Å²) in [6.45, 7) is 4.71. The summed E-state index contributed by atoms with van der Waals surface area (Å²) in [5.41, 5.74) is 3.22. The van der Waals surface area contributed by atoms with Gasteiger partial charge in [0, 0.05) is 17.8 Å². The summed E-state index contributed by atoms with van der Waals surface area (Å²) >= 11 is 0. The highest BCUT2D eigenvalue weighted by Gasteiger charge is 2.35. The van der Waals surface area contributed by atoms with Gasteiger partial charge in [0.2, 0.25) is 5.91 Å². The van der Waals surface area contributed by atoms with Gasteiger partial charge >= 0.3 is 0 Å². The molecule has 1 aromatic heterocycles. The number of ether oxygens (including phenoxy) is 2. The summed E-state index contributed by atoms with van der Waals surface area (Å²) in [4.78, 5) is 32.4. The van der Waals surface area contributed by atoms with Crippen LogP contribution in [-0.4, -0.2) is 35.4 Å². The van der Waals surface area contributed by atoms with Crippen molar-refractivity contribution in [1.29, 1.82) is 0 Å². The Kier molecular flexibility index (Phi) is 6.58. The van der Waals surface area contributed by atoms with Crippen LogP contribution >= 0.6 is 0 Å². The van der Waals surface area contributed by atoms with Gasteiger partial charge in [-0.1, -0.05) is 30.3 Å². The van der Waals surface area contributed by atoms with Crippen LogP contribution in [0.15, 0.2) is 60.7 Å². The number of nitrogens with zero attached hydrogens (tertiary/aromatic N) is 2. The molecule has 1 aliphatic rings. The van der Waals surface area contributed by atoms with Gasteiger partial charge in [0.15, 0.2) is 11.5 Å². The van der Waals surface area contributed by atoms with E-state index in [4.69, 9.17) is 9.47 Å². The average Bonchev–Trinajstić information content (AvgIpc) is 3.14. The molecule has 2 amide bonds. The van der Waals surface area contributed by atoms with Crippen LogP contribution in [0.2, 0.25) is 0 Å². The highest BCUT2D eigenvalue weighted by Crippen LogP contribution is 2.37. The summed E-state index contributed by atoms with van der Waals surface area (Å²) in [7, 11) is 1.57. The first kappa shape index (κ1) is 22.3. The minimum Gasteiger partial charge on any atom is -0.493 e. The second-order valence-electron chi connectivity index (χ2n) is 7.87. The molecule has 0 radical (unpaired) electrons. The number of benzene rings is 2. The third-order valence-electron chi connectivity index (χ3n) is 5.63. The second-order valence-corrected chi connectivity index (χ2v) is 7.87. The van der Waals surface area contributed by atoms with E-state index in [2.05, 4.69) is 10.3 Å². The number of pyridine rings is 1. The predicted octanol–water partition coefficient (Wildman–Crippen LogP) is 4.52. The molecule has 4 rings (SSSR count). The molecule has 0 bridgehead atoms. The summed E-state index contributed by atoms with van der Waals surface area (Å²) in [6.07, 6.45) is 0.0759. The summed E-state index contributed by atoms with van der Waals surface area (Å²) in [5.74, 6) is 1.34. The van der Waals surface area contributed by atoms with Gasteiger partial charge in [-0.3, -0.25) is 9.59 Å². The van der Waals surface area contributed by atoms with Crippen molar-refractivity contribution in [1.82, 2.24) is 9.88 Å². The maximum absolute atomic E-state index is 13.2. The molecule has 0 unspecified atom stereocenters. The lowest BCUT2D eigenvalue weighted by Gasteiger charge is -2.28. The minimum absolute atomic E-state index is 0.0759. The molecule has 1 N–H and O–H groups in total. The van der Waals surface area contributed by atoms with E-state index in [-0.39, 0.29) is 18.2 Å². The number of fused-ring (bicyclic) bond motifs is 1. The molecule has 1 atom stereocenters. The Morgan fingerprint density at radius 1 is 1.12 bits per heavy atom. The summed E-state index contributed by atoms with van der Waals surface area (Å²) < 4.78 is 11.2. The fourth-order valence-corrected chi connectivity index (χ4v) is 4.08. The number of carbonyl (C=O) groups excluding carboxylic acids is 2. The molecule has 2 aromatic carbocycles. The number of aryl methyl sites for hydroxylation is 1. The first-order chi connectivity index (χ1) is 16.0. The summed E-state index contributed by atoms with van der Waals surface area (Å²) in [6, 6.07) is 18.0. The van der Waals surface area contributed by atoms with Crippen LogP contribution in [0.4, 0.5) is 5.82 Å². The zero-order valence-corrected chi connectivity index (χ0v) is 19.0. The molecular weight excluding hydrogens is 418 g/mol. The molecule has 2 heterocycles. The van der Waals surface area contributed by atoms with Crippen LogP contribution in [-0.2, 0) is 11.3 Å². The number of anilines is 1. The summed E-state index contributed by atoms with van der Waals surface area (Å²) in [5, 5.41) is 2.86. The highest BCUT2D eigenvalue weighted by atomic mass is 16.5. The normalized spacial score (nSPS) is 13.4. The lowest BCUT2D eigenvalue weighted by molar-refractivity contribution is -0.117. The van der Waals surface area contributed by atoms with Crippen molar-refractivity contribution in [3.63, 3.8) is 0 Å². The van der Waals surface area contributed by atoms with Crippen LogP contribution in [0.1, 0.15) is 46.6 Å². The zero-order chi connectivity index (χ0) is 23.4. The SMILES string of the molecule is CCOc1ccc([C@@H](CC(=O)Nc2cccc(C)n2)N2Cc3ccccc3C2=O)cc1OC. The molecule has 33 heavy (non-hydrogen) atoms. The first-order valence-corrected chi connectivity index (χ1v) is 10.9. The molecule has 0 aliphatic carbocycles. The van der Waals surface area contributed by atoms with Crippen molar-refractivity contribution in [2.45, 2.75) is 32.9 Å². The topological polar surface area (TPSA) is 80.8 Å². The number of methoxy groups -OCH3 is 1. The van der Waals surface area contributed by atoms with Crippen LogP contribution in [0.5, 0.6) is 11.5 Å². The van der Waals surface area contributed by atoms with Gasteiger partial charge in [0.1, 0.15) is 5.82 Å². The number of aromatic nitrogens is 1. The monoisotopic (exact) mass is 445 g/mol. The standard InChI is InChI=1S/C26H27N3O4/c1-4-33-22-13-12-18(14-23(22)32-3)21(15-25(30)28-24-11-7-8-17(2)27-24)29-16-19-9-5-6-10-20(19)26(29)31/h5-14,21H,4,15-16H2,1-3H3,(H,27,28,30)/t21-/m1/s1. The first-order valence-electron chi connectivity index (χ1n) is 10.9. The van der Waals surface area contributed by atoms with Crippen LogP contribution in [0.25, 0.3) is 0 Å².